The van der Waals surface area contributed by atoms with Crippen LogP contribution in [-0.2, 0) is 4.74 Å². The zero-order chi connectivity index (χ0) is 13.3. The molecule has 0 saturated carbocycles. The van der Waals surface area contributed by atoms with Crippen LogP contribution in [0.15, 0.2) is 12.1 Å². The van der Waals surface area contributed by atoms with Gasteiger partial charge in [-0.1, -0.05) is 0 Å². The lowest BCUT2D eigenvalue weighted by Crippen LogP contribution is -2.53. The number of nitro benzene ring substituents is 1. The van der Waals surface area contributed by atoms with Crippen molar-refractivity contribution >= 4 is 11.4 Å². The summed E-state index contributed by atoms with van der Waals surface area (Å²) < 4.78 is 32.5. The number of anilines is 1. The summed E-state index contributed by atoms with van der Waals surface area (Å²) in [7, 11) is 0. The van der Waals surface area contributed by atoms with E-state index in [-0.39, 0.29) is 11.8 Å². The molecule has 1 aromatic carbocycles. The van der Waals surface area contributed by atoms with Gasteiger partial charge < -0.3 is 9.64 Å². The molecule has 18 heavy (non-hydrogen) atoms. The summed E-state index contributed by atoms with van der Waals surface area (Å²) in [5.74, 6) is -1.84. The molecule has 0 atom stereocenters. The number of benzene rings is 1. The second-order valence-electron chi connectivity index (χ2n) is 4.00. The van der Waals surface area contributed by atoms with E-state index in [0.29, 0.717) is 19.7 Å². The molecule has 0 radical (unpaired) electrons. The van der Waals surface area contributed by atoms with Gasteiger partial charge in [0, 0.05) is 19.7 Å². The van der Waals surface area contributed by atoms with E-state index < -0.39 is 22.2 Å². The van der Waals surface area contributed by atoms with Gasteiger partial charge in [-0.2, -0.15) is 0 Å². The first kappa shape index (κ1) is 12.7. The number of rotatable bonds is 4. The second kappa shape index (κ2) is 4.85. The first-order valence-electron chi connectivity index (χ1n) is 5.53. The Morgan fingerprint density at radius 2 is 2.00 bits per heavy atom. The Kier molecular flexibility index (Phi) is 3.42. The van der Waals surface area contributed by atoms with Crippen molar-refractivity contribution in [2.45, 2.75) is 13.0 Å². The number of nitrogens with zero attached hydrogens (tertiary/aromatic N) is 2. The Balaban J connectivity index is 2.18. The molecule has 5 nitrogen and oxygen atoms in total. The summed E-state index contributed by atoms with van der Waals surface area (Å²) in [4.78, 5) is 11.1. The summed E-state index contributed by atoms with van der Waals surface area (Å²) in [6.07, 6.45) is -0.0380. The van der Waals surface area contributed by atoms with Crippen molar-refractivity contribution in [1.29, 1.82) is 0 Å². The lowest BCUT2D eigenvalue weighted by atomic mass is 10.1. The number of non-ortho nitro benzene ring substituents is 1. The third-order valence-electron chi connectivity index (χ3n) is 2.78. The standard InChI is InChI=1S/C11H12F2N2O3/c1-2-18-8-5-14(6-8)11-9(12)3-7(15(16)17)4-10(11)13/h3-4,8H,2,5-6H2,1H3. The predicted molar refractivity (Wildman–Crippen MR) is 60.6 cm³/mol. The van der Waals surface area contributed by atoms with Gasteiger partial charge in [0.2, 0.25) is 0 Å². The van der Waals surface area contributed by atoms with E-state index in [0.717, 1.165) is 12.1 Å². The van der Waals surface area contributed by atoms with Crippen LogP contribution in [0.3, 0.4) is 0 Å². The van der Waals surface area contributed by atoms with Crippen LogP contribution in [-0.4, -0.2) is 30.7 Å². The van der Waals surface area contributed by atoms with Crippen molar-refractivity contribution in [1.82, 2.24) is 0 Å². The van der Waals surface area contributed by atoms with Gasteiger partial charge >= 0.3 is 0 Å². The van der Waals surface area contributed by atoms with Crippen LogP contribution in [0.2, 0.25) is 0 Å². The quantitative estimate of drug-likeness (QED) is 0.613. The summed E-state index contributed by atoms with van der Waals surface area (Å²) >= 11 is 0. The highest BCUT2D eigenvalue weighted by molar-refractivity contribution is 5.55. The Hall–Kier alpha value is -1.76. The molecule has 1 saturated heterocycles. The zero-order valence-corrected chi connectivity index (χ0v) is 9.73. The summed E-state index contributed by atoms with van der Waals surface area (Å²) in [6, 6.07) is 1.46. The van der Waals surface area contributed by atoms with Crippen LogP contribution in [0, 0.1) is 21.7 Å². The Morgan fingerprint density at radius 1 is 1.44 bits per heavy atom. The molecule has 0 N–H and O–H groups in total. The van der Waals surface area contributed by atoms with Gasteiger partial charge in [-0.15, -0.1) is 0 Å². The van der Waals surface area contributed by atoms with Crippen molar-refractivity contribution in [2.75, 3.05) is 24.6 Å². The molecule has 1 fully saturated rings. The molecule has 0 amide bonds. The molecule has 0 unspecified atom stereocenters. The normalized spacial score (nSPS) is 15.6. The van der Waals surface area contributed by atoms with Gasteiger partial charge in [-0.3, -0.25) is 10.1 Å². The van der Waals surface area contributed by atoms with E-state index in [2.05, 4.69) is 0 Å². The smallest absolute Gasteiger partial charge is 0.275 e. The minimum Gasteiger partial charge on any atom is -0.375 e. The van der Waals surface area contributed by atoms with Crippen molar-refractivity contribution in [2.24, 2.45) is 0 Å². The summed E-state index contributed by atoms with van der Waals surface area (Å²) in [5.41, 5.74) is -0.813. The molecule has 0 aromatic heterocycles. The molecule has 0 aliphatic carbocycles. The lowest BCUT2D eigenvalue weighted by Gasteiger charge is -2.40. The molecule has 0 bridgehead atoms. The van der Waals surface area contributed by atoms with Crippen LogP contribution in [0.5, 0.6) is 0 Å². The highest BCUT2D eigenvalue weighted by Crippen LogP contribution is 2.31. The number of hydrogen-bond donors (Lipinski definition) is 0. The van der Waals surface area contributed by atoms with Gasteiger partial charge in [0.25, 0.3) is 5.69 Å². The van der Waals surface area contributed by atoms with E-state index in [9.17, 15) is 18.9 Å². The van der Waals surface area contributed by atoms with Gasteiger partial charge in [-0.25, -0.2) is 8.78 Å². The molecular weight excluding hydrogens is 246 g/mol. The van der Waals surface area contributed by atoms with Crippen LogP contribution in [0.1, 0.15) is 6.92 Å². The average molecular weight is 258 g/mol. The van der Waals surface area contributed by atoms with E-state index >= 15 is 0 Å². The van der Waals surface area contributed by atoms with Crippen LogP contribution >= 0.6 is 0 Å². The second-order valence-corrected chi connectivity index (χ2v) is 4.00. The average Bonchev–Trinajstić information content (AvgIpc) is 2.24. The van der Waals surface area contributed by atoms with E-state index in [1.807, 2.05) is 6.92 Å². The highest BCUT2D eigenvalue weighted by Gasteiger charge is 2.32. The molecule has 1 aliphatic rings. The number of hydrogen-bond acceptors (Lipinski definition) is 4. The first-order valence-corrected chi connectivity index (χ1v) is 5.53. The first-order chi connectivity index (χ1) is 8.52. The highest BCUT2D eigenvalue weighted by atomic mass is 19.1. The maximum atomic E-state index is 13.6. The van der Waals surface area contributed by atoms with Gasteiger partial charge in [0.05, 0.1) is 23.2 Å². The van der Waals surface area contributed by atoms with Crippen molar-refractivity contribution < 1.29 is 18.4 Å². The lowest BCUT2D eigenvalue weighted by molar-refractivity contribution is -0.385. The maximum Gasteiger partial charge on any atom is 0.275 e. The largest absolute Gasteiger partial charge is 0.375 e. The zero-order valence-electron chi connectivity index (χ0n) is 9.73. The molecule has 1 aromatic rings. The van der Waals surface area contributed by atoms with Crippen LogP contribution < -0.4 is 4.90 Å². The SMILES string of the molecule is CCOC1CN(c2c(F)cc([N+](=O)[O-])cc2F)C1. The molecule has 1 heterocycles. The minimum absolute atomic E-state index is 0.0380. The molecule has 0 spiro atoms. The van der Waals surface area contributed by atoms with Crippen LogP contribution in [0.4, 0.5) is 20.2 Å². The predicted octanol–water partition coefficient (Wildman–Crippen LogP) is 2.10. The van der Waals surface area contributed by atoms with Gasteiger partial charge in [0.1, 0.15) is 5.69 Å². The number of ether oxygens (including phenoxy) is 1. The Labute approximate surface area is 102 Å². The maximum absolute atomic E-state index is 13.6. The van der Waals surface area contributed by atoms with Crippen molar-refractivity contribution in [3.63, 3.8) is 0 Å². The Morgan fingerprint density at radius 3 is 2.44 bits per heavy atom. The summed E-state index contributed by atoms with van der Waals surface area (Å²) in [6.45, 7) is 3.17. The van der Waals surface area contributed by atoms with E-state index in [4.69, 9.17) is 4.74 Å². The van der Waals surface area contributed by atoms with Crippen molar-refractivity contribution in [3.05, 3.63) is 33.9 Å². The minimum atomic E-state index is -0.920. The van der Waals surface area contributed by atoms with Gasteiger partial charge in [-0.05, 0) is 6.92 Å². The fraction of sp³-hybridized carbons (Fsp3) is 0.455. The monoisotopic (exact) mass is 258 g/mol. The third kappa shape index (κ3) is 2.26. The number of nitro groups is 1. The third-order valence-corrected chi connectivity index (χ3v) is 2.78. The van der Waals surface area contributed by atoms with E-state index in [1.165, 1.54) is 4.90 Å². The fourth-order valence-electron chi connectivity index (χ4n) is 1.92. The number of halogens is 2. The molecule has 2 rings (SSSR count). The molecule has 1 aliphatic heterocycles. The molecule has 98 valence electrons. The fourth-order valence-corrected chi connectivity index (χ4v) is 1.92. The topological polar surface area (TPSA) is 55.6 Å². The molecule has 7 heteroatoms. The van der Waals surface area contributed by atoms with Crippen LogP contribution in [0.25, 0.3) is 0 Å². The summed E-state index contributed by atoms with van der Waals surface area (Å²) in [5, 5.41) is 10.4. The van der Waals surface area contributed by atoms with Gasteiger partial charge in [0.15, 0.2) is 11.6 Å². The van der Waals surface area contributed by atoms with Crippen molar-refractivity contribution in [3.8, 4) is 0 Å². The Bertz CT molecular complexity index is 452. The van der Waals surface area contributed by atoms with E-state index in [1.54, 1.807) is 0 Å². The molecular formula is C11H12F2N2O3.